The Morgan fingerprint density at radius 1 is 1.23 bits per heavy atom. The highest BCUT2D eigenvalue weighted by atomic mass is 16.4. The van der Waals surface area contributed by atoms with E-state index >= 15 is 0 Å². The van der Waals surface area contributed by atoms with E-state index in [-0.39, 0.29) is 25.2 Å². The second-order valence-corrected chi connectivity index (χ2v) is 2.78. The number of ketones is 1. The first kappa shape index (κ1) is 12.0. The van der Waals surface area contributed by atoms with Gasteiger partial charge in [0.05, 0.1) is 12.1 Å². The van der Waals surface area contributed by atoms with Gasteiger partial charge in [-0.25, -0.2) is 0 Å². The lowest BCUT2D eigenvalue weighted by atomic mass is 10.0. The predicted molar refractivity (Wildman–Crippen MR) is 46.9 cm³/mol. The Hall–Kier alpha value is -0.980. The van der Waals surface area contributed by atoms with Crippen molar-refractivity contribution >= 4 is 11.8 Å². The number of carboxylic acids is 1. The van der Waals surface area contributed by atoms with Crippen LogP contribution >= 0.6 is 0 Å². The lowest BCUT2D eigenvalue weighted by Gasteiger charge is -2.13. The second-order valence-electron chi connectivity index (χ2n) is 2.78. The van der Waals surface area contributed by atoms with E-state index < -0.39 is 18.1 Å². The van der Waals surface area contributed by atoms with Crippen molar-refractivity contribution < 1.29 is 14.7 Å². The first-order valence-corrected chi connectivity index (χ1v) is 3.95. The van der Waals surface area contributed by atoms with Crippen LogP contribution in [-0.4, -0.2) is 35.5 Å². The van der Waals surface area contributed by atoms with Gasteiger partial charge in [-0.2, -0.15) is 0 Å². The number of nitrogens with two attached hydrogens (primary N) is 3. The molecule has 6 nitrogen and oxygen atoms in total. The normalized spacial score (nSPS) is 15.0. The van der Waals surface area contributed by atoms with Gasteiger partial charge in [0.1, 0.15) is 0 Å². The Balaban J connectivity index is 3.89. The van der Waals surface area contributed by atoms with Crippen molar-refractivity contribution in [2.45, 2.75) is 24.9 Å². The van der Waals surface area contributed by atoms with Crippen molar-refractivity contribution in [2.75, 3.05) is 6.54 Å². The molecule has 0 saturated heterocycles. The third-order valence-corrected chi connectivity index (χ3v) is 1.65. The van der Waals surface area contributed by atoms with E-state index in [1.54, 1.807) is 0 Å². The Kier molecular flexibility index (Phi) is 5.20. The van der Waals surface area contributed by atoms with Gasteiger partial charge in [0.25, 0.3) is 0 Å². The summed E-state index contributed by atoms with van der Waals surface area (Å²) in [5, 5.41) is 8.32. The lowest BCUT2D eigenvalue weighted by Crippen LogP contribution is -2.47. The number of Topliss-reactive ketones (excluding diaryl/α,β-unsaturated/α-hetero) is 1. The van der Waals surface area contributed by atoms with Crippen LogP contribution in [0.25, 0.3) is 0 Å². The Labute approximate surface area is 76.1 Å². The lowest BCUT2D eigenvalue weighted by molar-refractivity contribution is -0.137. The number of rotatable bonds is 6. The fourth-order valence-electron chi connectivity index (χ4n) is 0.812. The zero-order chi connectivity index (χ0) is 10.4. The molecule has 0 aromatic heterocycles. The van der Waals surface area contributed by atoms with Crippen molar-refractivity contribution in [3.8, 4) is 0 Å². The summed E-state index contributed by atoms with van der Waals surface area (Å²) in [4.78, 5) is 21.3. The van der Waals surface area contributed by atoms with Gasteiger partial charge in [-0.05, 0) is 6.42 Å². The smallest absolute Gasteiger partial charge is 0.303 e. The highest BCUT2D eigenvalue weighted by Crippen LogP contribution is 1.97. The molecular weight excluding hydrogens is 174 g/mol. The van der Waals surface area contributed by atoms with Crippen LogP contribution < -0.4 is 17.2 Å². The van der Waals surface area contributed by atoms with Crippen molar-refractivity contribution in [3.05, 3.63) is 0 Å². The zero-order valence-electron chi connectivity index (χ0n) is 7.27. The van der Waals surface area contributed by atoms with Gasteiger partial charge in [-0.3, -0.25) is 9.59 Å². The van der Waals surface area contributed by atoms with Crippen LogP contribution in [0, 0.1) is 0 Å². The van der Waals surface area contributed by atoms with Gasteiger partial charge in [-0.15, -0.1) is 0 Å². The SMILES string of the molecule is NCC(N)C(=O)[C@@H](N)CCC(=O)O. The van der Waals surface area contributed by atoms with Crippen molar-refractivity contribution in [1.29, 1.82) is 0 Å². The number of aliphatic carboxylic acids is 1. The summed E-state index contributed by atoms with van der Waals surface area (Å²) >= 11 is 0. The van der Waals surface area contributed by atoms with E-state index in [0.717, 1.165) is 0 Å². The molecule has 0 aromatic carbocycles. The van der Waals surface area contributed by atoms with Gasteiger partial charge in [-0.1, -0.05) is 0 Å². The number of hydrogen-bond donors (Lipinski definition) is 4. The molecular formula is C7H15N3O3. The van der Waals surface area contributed by atoms with Crippen LogP contribution in [0.4, 0.5) is 0 Å². The second kappa shape index (κ2) is 5.63. The number of hydrogen-bond acceptors (Lipinski definition) is 5. The van der Waals surface area contributed by atoms with E-state index in [4.69, 9.17) is 22.3 Å². The minimum absolute atomic E-state index is 0.0274. The van der Waals surface area contributed by atoms with Gasteiger partial charge < -0.3 is 22.3 Å². The van der Waals surface area contributed by atoms with Gasteiger partial charge in [0, 0.05) is 13.0 Å². The molecule has 13 heavy (non-hydrogen) atoms. The molecule has 0 amide bonds. The monoisotopic (exact) mass is 189 g/mol. The summed E-state index contributed by atoms with van der Waals surface area (Å²) < 4.78 is 0. The summed E-state index contributed by atoms with van der Waals surface area (Å²) in [6, 6.07) is -1.61. The molecule has 7 N–H and O–H groups in total. The van der Waals surface area contributed by atoms with Crippen LogP contribution in [0.15, 0.2) is 0 Å². The maximum Gasteiger partial charge on any atom is 0.303 e. The molecule has 0 aliphatic carbocycles. The molecule has 0 saturated carbocycles. The molecule has 0 aliphatic heterocycles. The molecule has 76 valence electrons. The average molecular weight is 189 g/mol. The largest absolute Gasteiger partial charge is 0.481 e. The molecule has 6 heteroatoms. The fraction of sp³-hybridized carbons (Fsp3) is 0.714. The molecule has 0 bridgehead atoms. The quantitative estimate of drug-likeness (QED) is 0.383. The number of carboxylic acid groups (broad SMARTS) is 1. The van der Waals surface area contributed by atoms with E-state index in [1.165, 1.54) is 0 Å². The highest BCUT2D eigenvalue weighted by molar-refractivity contribution is 5.89. The van der Waals surface area contributed by atoms with Gasteiger partial charge in [0.2, 0.25) is 0 Å². The van der Waals surface area contributed by atoms with Crippen LogP contribution in [0.5, 0.6) is 0 Å². The molecule has 0 radical (unpaired) electrons. The topological polar surface area (TPSA) is 132 Å². The van der Waals surface area contributed by atoms with E-state index in [1.807, 2.05) is 0 Å². The molecule has 2 atom stereocenters. The molecule has 0 spiro atoms. The Morgan fingerprint density at radius 2 is 1.77 bits per heavy atom. The molecule has 0 rings (SSSR count). The van der Waals surface area contributed by atoms with Gasteiger partial charge in [0.15, 0.2) is 5.78 Å². The van der Waals surface area contributed by atoms with Crippen molar-refractivity contribution in [3.63, 3.8) is 0 Å². The van der Waals surface area contributed by atoms with Crippen LogP contribution in [-0.2, 0) is 9.59 Å². The summed E-state index contributed by atoms with van der Waals surface area (Å²) in [5.41, 5.74) is 15.9. The summed E-state index contributed by atoms with van der Waals surface area (Å²) in [6.45, 7) is 0.0274. The van der Waals surface area contributed by atoms with E-state index in [0.29, 0.717) is 0 Å². The third-order valence-electron chi connectivity index (χ3n) is 1.65. The molecule has 1 unspecified atom stereocenters. The highest BCUT2D eigenvalue weighted by Gasteiger charge is 2.20. The van der Waals surface area contributed by atoms with Crippen LogP contribution in [0.1, 0.15) is 12.8 Å². The van der Waals surface area contributed by atoms with Crippen LogP contribution in [0.2, 0.25) is 0 Å². The van der Waals surface area contributed by atoms with Gasteiger partial charge >= 0.3 is 5.97 Å². The number of carbonyl (C=O) groups excluding carboxylic acids is 1. The maximum absolute atomic E-state index is 11.2. The Morgan fingerprint density at radius 3 is 2.15 bits per heavy atom. The Bertz CT molecular complexity index is 195. The third kappa shape index (κ3) is 4.56. The molecule has 0 heterocycles. The van der Waals surface area contributed by atoms with E-state index in [2.05, 4.69) is 0 Å². The zero-order valence-corrected chi connectivity index (χ0v) is 7.27. The first-order chi connectivity index (χ1) is 5.99. The average Bonchev–Trinajstić information content (AvgIpc) is 2.11. The van der Waals surface area contributed by atoms with Crippen LogP contribution in [0.3, 0.4) is 0 Å². The summed E-state index contributed by atoms with van der Waals surface area (Å²) in [5.74, 6) is -1.37. The van der Waals surface area contributed by atoms with Crippen molar-refractivity contribution in [1.82, 2.24) is 0 Å². The maximum atomic E-state index is 11.2. The standard InChI is InChI=1S/C7H15N3O3/c8-3-5(10)7(13)4(9)1-2-6(11)12/h4-5H,1-3,8-10H2,(H,11,12)/t4-,5?/m0/s1. The minimum Gasteiger partial charge on any atom is -0.481 e. The molecule has 0 fully saturated rings. The first-order valence-electron chi connectivity index (χ1n) is 3.95. The predicted octanol–water partition coefficient (Wildman–Crippen LogP) is -1.97. The fourth-order valence-corrected chi connectivity index (χ4v) is 0.812. The summed E-state index contributed by atoms with van der Waals surface area (Å²) in [6.07, 6.45) is -0.0357. The van der Waals surface area contributed by atoms with Crippen molar-refractivity contribution in [2.24, 2.45) is 17.2 Å². The number of carbonyl (C=O) groups is 2. The summed E-state index contributed by atoms with van der Waals surface area (Å²) in [7, 11) is 0. The minimum atomic E-state index is -0.982. The molecule has 0 aromatic rings. The molecule has 0 aliphatic rings. The van der Waals surface area contributed by atoms with E-state index in [9.17, 15) is 9.59 Å².